The van der Waals surface area contributed by atoms with E-state index in [0.29, 0.717) is 36.3 Å². The van der Waals surface area contributed by atoms with Crippen LogP contribution < -0.4 is 14.8 Å². The second kappa shape index (κ2) is 7.78. The number of nitrogens with one attached hydrogen (secondary N) is 1. The van der Waals surface area contributed by atoms with Gasteiger partial charge < -0.3 is 14.8 Å². The lowest BCUT2D eigenvalue weighted by molar-refractivity contribution is -0.116. The SMILES string of the molecule is CCOc1ccc([C@@H]2CC(=O)Nc3c2c(C)nn3-c2nc(C)cc(C)n2)cc1OC. The van der Waals surface area contributed by atoms with Gasteiger partial charge in [-0.3, -0.25) is 4.79 Å². The number of hydrogen-bond acceptors (Lipinski definition) is 6. The average molecular weight is 407 g/mol. The van der Waals surface area contributed by atoms with Crippen molar-refractivity contribution < 1.29 is 14.3 Å². The van der Waals surface area contributed by atoms with Crippen LogP contribution >= 0.6 is 0 Å². The van der Waals surface area contributed by atoms with Crippen LogP contribution in [0.1, 0.15) is 47.5 Å². The maximum atomic E-state index is 12.6. The molecule has 0 saturated heterocycles. The second-order valence-corrected chi connectivity index (χ2v) is 7.36. The molecule has 8 heteroatoms. The second-order valence-electron chi connectivity index (χ2n) is 7.36. The van der Waals surface area contributed by atoms with Crippen molar-refractivity contribution in [1.29, 1.82) is 0 Å². The number of aryl methyl sites for hydroxylation is 3. The van der Waals surface area contributed by atoms with Gasteiger partial charge in [0, 0.05) is 29.3 Å². The molecule has 3 heterocycles. The van der Waals surface area contributed by atoms with Gasteiger partial charge in [0.15, 0.2) is 11.5 Å². The van der Waals surface area contributed by atoms with E-state index >= 15 is 0 Å². The zero-order valence-corrected chi connectivity index (χ0v) is 17.8. The first-order valence-corrected chi connectivity index (χ1v) is 9.94. The number of amides is 1. The number of anilines is 1. The normalized spacial score (nSPS) is 15.5. The third-order valence-corrected chi connectivity index (χ3v) is 5.15. The molecule has 0 radical (unpaired) electrons. The van der Waals surface area contributed by atoms with Crippen molar-refractivity contribution >= 4 is 11.7 Å². The highest BCUT2D eigenvalue weighted by atomic mass is 16.5. The molecule has 1 N–H and O–H groups in total. The fourth-order valence-electron chi connectivity index (χ4n) is 3.95. The van der Waals surface area contributed by atoms with Crippen LogP contribution in [0.3, 0.4) is 0 Å². The van der Waals surface area contributed by atoms with E-state index in [1.807, 2.05) is 52.0 Å². The van der Waals surface area contributed by atoms with Crippen LogP contribution in [0.5, 0.6) is 11.5 Å². The van der Waals surface area contributed by atoms with Crippen LogP contribution in [0, 0.1) is 20.8 Å². The summed E-state index contributed by atoms with van der Waals surface area (Å²) in [5.74, 6) is 2.15. The lowest BCUT2D eigenvalue weighted by Crippen LogP contribution is -2.25. The van der Waals surface area contributed by atoms with Gasteiger partial charge >= 0.3 is 0 Å². The summed E-state index contributed by atoms with van der Waals surface area (Å²) in [6, 6.07) is 7.70. The van der Waals surface area contributed by atoms with Crippen LogP contribution in [0.2, 0.25) is 0 Å². The molecule has 1 atom stereocenters. The molecular weight excluding hydrogens is 382 g/mol. The minimum atomic E-state index is -0.155. The molecule has 1 aliphatic heterocycles. The van der Waals surface area contributed by atoms with E-state index in [9.17, 15) is 4.79 Å². The summed E-state index contributed by atoms with van der Waals surface area (Å²) >= 11 is 0. The van der Waals surface area contributed by atoms with Gasteiger partial charge in [0.05, 0.1) is 19.4 Å². The lowest BCUT2D eigenvalue weighted by Gasteiger charge is -2.25. The molecule has 0 aliphatic carbocycles. The Morgan fingerprint density at radius 1 is 1.13 bits per heavy atom. The summed E-state index contributed by atoms with van der Waals surface area (Å²) < 4.78 is 12.8. The molecule has 30 heavy (non-hydrogen) atoms. The van der Waals surface area contributed by atoms with Crippen molar-refractivity contribution in [2.24, 2.45) is 0 Å². The topological polar surface area (TPSA) is 91.2 Å². The third-order valence-electron chi connectivity index (χ3n) is 5.15. The summed E-state index contributed by atoms with van der Waals surface area (Å²) in [6.45, 7) is 8.24. The summed E-state index contributed by atoms with van der Waals surface area (Å²) in [5, 5.41) is 7.64. The number of carbonyl (C=O) groups is 1. The largest absolute Gasteiger partial charge is 0.493 e. The number of fused-ring (bicyclic) bond motifs is 1. The number of ether oxygens (including phenoxy) is 2. The van der Waals surface area contributed by atoms with Crippen molar-refractivity contribution in [3.05, 3.63) is 52.5 Å². The van der Waals surface area contributed by atoms with E-state index in [-0.39, 0.29) is 11.8 Å². The Balaban J connectivity index is 1.84. The van der Waals surface area contributed by atoms with Crippen molar-refractivity contribution in [2.75, 3.05) is 19.0 Å². The number of carbonyl (C=O) groups excluding carboxylic acids is 1. The Morgan fingerprint density at radius 3 is 2.53 bits per heavy atom. The highest BCUT2D eigenvalue weighted by Gasteiger charge is 2.33. The smallest absolute Gasteiger partial charge is 0.252 e. The van der Waals surface area contributed by atoms with Gasteiger partial charge in [-0.2, -0.15) is 9.78 Å². The van der Waals surface area contributed by atoms with E-state index < -0.39 is 0 Å². The Bertz CT molecular complexity index is 1100. The Hall–Kier alpha value is -3.42. The van der Waals surface area contributed by atoms with Gasteiger partial charge in [0.25, 0.3) is 5.95 Å². The Morgan fingerprint density at radius 2 is 1.87 bits per heavy atom. The van der Waals surface area contributed by atoms with Gasteiger partial charge in [-0.15, -0.1) is 0 Å². The number of benzene rings is 1. The molecule has 3 aromatic rings. The molecule has 0 spiro atoms. The molecule has 8 nitrogen and oxygen atoms in total. The molecule has 0 saturated carbocycles. The molecule has 156 valence electrons. The van der Waals surface area contributed by atoms with Gasteiger partial charge in [0.1, 0.15) is 5.82 Å². The highest BCUT2D eigenvalue weighted by molar-refractivity contribution is 5.95. The predicted octanol–water partition coefficient (Wildman–Crippen LogP) is 3.47. The summed E-state index contributed by atoms with van der Waals surface area (Å²) in [5.41, 5.74) is 4.44. The third kappa shape index (κ3) is 3.49. The molecule has 1 amide bonds. The minimum Gasteiger partial charge on any atom is -0.493 e. The van der Waals surface area contributed by atoms with Crippen molar-refractivity contribution in [3.8, 4) is 17.4 Å². The zero-order valence-electron chi connectivity index (χ0n) is 17.8. The number of nitrogens with zero attached hydrogens (tertiary/aromatic N) is 4. The zero-order chi connectivity index (χ0) is 21.4. The van der Waals surface area contributed by atoms with Crippen LogP contribution in [-0.4, -0.2) is 39.4 Å². The van der Waals surface area contributed by atoms with Crippen LogP contribution in [0.4, 0.5) is 5.82 Å². The van der Waals surface area contributed by atoms with Crippen molar-refractivity contribution in [1.82, 2.24) is 19.7 Å². The summed E-state index contributed by atoms with van der Waals surface area (Å²) in [6.07, 6.45) is 0.324. The molecule has 0 unspecified atom stereocenters. The molecule has 1 aromatic carbocycles. The molecule has 4 rings (SSSR count). The lowest BCUT2D eigenvalue weighted by atomic mass is 9.85. The predicted molar refractivity (Wildman–Crippen MR) is 113 cm³/mol. The fraction of sp³-hybridized carbons (Fsp3) is 0.364. The first-order valence-electron chi connectivity index (χ1n) is 9.94. The van der Waals surface area contributed by atoms with Gasteiger partial charge in [-0.1, -0.05) is 6.07 Å². The highest BCUT2D eigenvalue weighted by Crippen LogP contribution is 2.42. The molecule has 0 bridgehead atoms. The fourth-order valence-corrected chi connectivity index (χ4v) is 3.95. The van der Waals surface area contributed by atoms with E-state index in [0.717, 1.165) is 28.2 Å². The first kappa shape index (κ1) is 19.9. The monoisotopic (exact) mass is 407 g/mol. The molecule has 2 aromatic heterocycles. The van der Waals surface area contributed by atoms with Crippen LogP contribution in [0.15, 0.2) is 24.3 Å². The van der Waals surface area contributed by atoms with Gasteiger partial charge in [0.2, 0.25) is 5.91 Å². The molecular formula is C22H25N5O3. The average Bonchev–Trinajstić information content (AvgIpc) is 3.03. The van der Waals surface area contributed by atoms with Gasteiger partial charge in [-0.05, 0) is 51.5 Å². The number of methoxy groups -OCH3 is 1. The van der Waals surface area contributed by atoms with E-state index in [1.165, 1.54) is 0 Å². The summed E-state index contributed by atoms with van der Waals surface area (Å²) in [4.78, 5) is 21.6. The Kier molecular flexibility index (Phi) is 5.15. The summed E-state index contributed by atoms with van der Waals surface area (Å²) in [7, 11) is 1.61. The number of rotatable bonds is 5. The molecule has 1 aliphatic rings. The van der Waals surface area contributed by atoms with Crippen LogP contribution in [0.25, 0.3) is 5.95 Å². The maximum absolute atomic E-state index is 12.6. The molecule has 0 fully saturated rings. The first-order chi connectivity index (χ1) is 14.4. The van der Waals surface area contributed by atoms with E-state index in [1.54, 1.807) is 11.8 Å². The number of aromatic nitrogens is 4. The van der Waals surface area contributed by atoms with E-state index in [2.05, 4.69) is 20.4 Å². The van der Waals surface area contributed by atoms with Crippen molar-refractivity contribution in [2.45, 2.75) is 40.0 Å². The standard InChI is InChI=1S/C22H25N5O3/c1-6-30-17-8-7-15(10-18(17)29-5)16-11-19(28)25-21-20(16)14(4)26-27(21)22-23-12(2)9-13(3)24-22/h7-10,16H,6,11H2,1-5H3,(H,25,28)/t16-/m0/s1. The van der Waals surface area contributed by atoms with Crippen molar-refractivity contribution in [3.63, 3.8) is 0 Å². The van der Waals surface area contributed by atoms with Crippen LogP contribution in [-0.2, 0) is 4.79 Å². The maximum Gasteiger partial charge on any atom is 0.252 e. The minimum absolute atomic E-state index is 0.0779. The Labute approximate surface area is 175 Å². The number of hydrogen-bond donors (Lipinski definition) is 1. The van der Waals surface area contributed by atoms with E-state index in [4.69, 9.17) is 9.47 Å². The quantitative estimate of drug-likeness (QED) is 0.696. The van der Waals surface area contributed by atoms with Gasteiger partial charge in [-0.25, -0.2) is 9.97 Å².